The Bertz CT molecular complexity index is 1810. The molecule has 0 saturated carbocycles. The van der Waals surface area contributed by atoms with Crippen LogP contribution >= 0.6 is 23.2 Å². The van der Waals surface area contributed by atoms with Crippen LogP contribution in [0.4, 0.5) is 14.5 Å². The van der Waals surface area contributed by atoms with Gasteiger partial charge in [0.15, 0.2) is 0 Å². The Kier molecular flexibility index (Phi) is 8.47. The largest absolute Gasteiger partial charge is 0.463 e. The first kappa shape index (κ1) is 31.5. The average molecular weight is 641 g/mol. The zero-order chi connectivity index (χ0) is 32.0. The van der Waals surface area contributed by atoms with E-state index in [0.717, 1.165) is 6.07 Å². The summed E-state index contributed by atoms with van der Waals surface area (Å²) >= 11 is 12.3. The van der Waals surface area contributed by atoms with E-state index in [1.807, 2.05) is 20.8 Å². The number of nitrogens with zero attached hydrogens (tertiary/aromatic N) is 1. The average Bonchev–Trinajstić information content (AvgIpc) is 3.52. The minimum absolute atomic E-state index is 0.00579. The van der Waals surface area contributed by atoms with Crippen LogP contribution in [0.1, 0.15) is 54.8 Å². The van der Waals surface area contributed by atoms with Crippen molar-refractivity contribution in [1.29, 1.82) is 5.26 Å². The second-order valence-electron chi connectivity index (χ2n) is 12.0. The number of halogens is 4. The summed E-state index contributed by atoms with van der Waals surface area (Å²) in [5, 5.41) is 17.6. The lowest BCUT2D eigenvalue weighted by atomic mass is 9.62. The number of benzene rings is 3. The Balaban J connectivity index is 1.65. The Morgan fingerprint density at radius 2 is 1.86 bits per heavy atom. The summed E-state index contributed by atoms with van der Waals surface area (Å²) in [4.78, 5) is 26.1. The normalized spacial score (nSPS) is 21.7. The zero-order valence-corrected chi connectivity index (χ0v) is 25.8. The van der Waals surface area contributed by atoms with Gasteiger partial charge in [0.2, 0.25) is 11.7 Å². The molecule has 4 atom stereocenters. The summed E-state index contributed by atoms with van der Waals surface area (Å²) in [7, 11) is 1.24. The van der Waals surface area contributed by atoms with Crippen molar-refractivity contribution in [1.82, 2.24) is 5.32 Å². The number of fused-ring (bicyclic) bond motifs is 1. The van der Waals surface area contributed by atoms with E-state index in [4.69, 9.17) is 32.4 Å². The van der Waals surface area contributed by atoms with Gasteiger partial charge in [0.1, 0.15) is 22.6 Å². The van der Waals surface area contributed by atoms with Crippen LogP contribution in [0.15, 0.2) is 65.1 Å². The van der Waals surface area contributed by atoms with Crippen LogP contribution in [0.25, 0.3) is 11.0 Å². The molecular formula is C33H29Cl2F2N3O4. The van der Waals surface area contributed by atoms with E-state index in [0.29, 0.717) is 23.1 Å². The van der Waals surface area contributed by atoms with Crippen LogP contribution in [0.3, 0.4) is 0 Å². The highest BCUT2D eigenvalue weighted by Crippen LogP contribution is 2.53. The van der Waals surface area contributed by atoms with Gasteiger partial charge in [-0.15, -0.1) is 0 Å². The molecule has 0 unspecified atom stereocenters. The number of hydrogen-bond acceptors (Lipinski definition) is 6. The maximum Gasteiger partial charge on any atom is 0.373 e. The monoisotopic (exact) mass is 639 g/mol. The minimum atomic E-state index is -1.75. The van der Waals surface area contributed by atoms with Crippen molar-refractivity contribution in [3.05, 3.63) is 99.2 Å². The van der Waals surface area contributed by atoms with Crippen molar-refractivity contribution in [2.75, 3.05) is 12.4 Å². The van der Waals surface area contributed by atoms with Crippen LogP contribution in [-0.4, -0.2) is 31.1 Å². The molecule has 3 aromatic carbocycles. The fourth-order valence-corrected chi connectivity index (χ4v) is 6.44. The quantitative estimate of drug-likeness (QED) is 0.209. The molecule has 1 aromatic heterocycles. The van der Waals surface area contributed by atoms with Crippen LogP contribution in [0.2, 0.25) is 10.0 Å². The third kappa shape index (κ3) is 5.65. The molecule has 5 rings (SSSR count). The van der Waals surface area contributed by atoms with Gasteiger partial charge in [-0.2, -0.15) is 5.26 Å². The van der Waals surface area contributed by atoms with Gasteiger partial charge in [-0.1, -0.05) is 62.2 Å². The summed E-state index contributed by atoms with van der Waals surface area (Å²) in [5.74, 6) is -4.01. The van der Waals surface area contributed by atoms with E-state index in [-0.39, 0.29) is 32.3 Å². The van der Waals surface area contributed by atoms with Gasteiger partial charge in [-0.05, 0) is 59.9 Å². The van der Waals surface area contributed by atoms with Crippen LogP contribution in [0, 0.1) is 28.4 Å². The molecule has 4 aromatic rings. The number of methoxy groups -OCH3 is 1. The number of carbonyl (C=O) groups is 2. The first-order chi connectivity index (χ1) is 20.8. The van der Waals surface area contributed by atoms with Crippen LogP contribution < -0.4 is 10.6 Å². The van der Waals surface area contributed by atoms with E-state index >= 15 is 8.78 Å². The lowest BCUT2D eigenvalue weighted by Gasteiger charge is -2.37. The van der Waals surface area contributed by atoms with E-state index in [1.165, 1.54) is 43.5 Å². The molecule has 0 radical (unpaired) electrons. The minimum Gasteiger partial charge on any atom is -0.463 e. The molecule has 1 aliphatic heterocycles. The maximum atomic E-state index is 15.8. The van der Waals surface area contributed by atoms with Gasteiger partial charge in [0.05, 0.1) is 24.2 Å². The molecule has 0 spiro atoms. The number of furan rings is 1. The predicted octanol–water partition coefficient (Wildman–Crippen LogP) is 7.76. The van der Waals surface area contributed by atoms with E-state index in [2.05, 4.69) is 16.7 Å². The maximum absolute atomic E-state index is 15.8. The highest BCUT2D eigenvalue weighted by atomic mass is 35.5. The van der Waals surface area contributed by atoms with Crippen LogP contribution in [0.5, 0.6) is 0 Å². The molecular weight excluding hydrogens is 611 g/mol. The molecule has 1 aliphatic rings. The van der Waals surface area contributed by atoms with Crippen molar-refractivity contribution in [2.45, 2.75) is 50.6 Å². The summed E-state index contributed by atoms with van der Waals surface area (Å²) in [5.41, 5.74) is -1.40. The zero-order valence-electron chi connectivity index (χ0n) is 24.3. The van der Waals surface area contributed by atoms with Crippen molar-refractivity contribution in [3.63, 3.8) is 0 Å². The molecule has 1 saturated heterocycles. The Hall–Kier alpha value is -3.97. The lowest BCUT2D eigenvalue weighted by Crippen LogP contribution is -2.45. The molecule has 0 aliphatic carbocycles. The lowest BCUT2D eigenvalue weighted by molar-refractivity contribution is -0.118. The number of esters is 1. The summed E-state index contributed by atoms with van der Waals surface area (Å²) < 4.78 is 41.9. The second kappa shape index (κ2) is 11.8. The van der Waals surface area contributed by atoms with Gasteiger partial charge < -0.3 is 19.8 Å². The standard InChI is InChI=1S/C33H29Cl2F2N3O4/c1-32(2,3)15-26-33(16-38,21-10-8-18(34)14-23(21)36)27(20-6-5-7-22(35)28(20)37)29(40-26)30(41)39-19-9-11-24-17(12-19)13-25(44-24)31(42)43-4/h5-14,26-27,29,40H,15H2,1-4H3,(H,39,41)/t26-,27-,29+,33-/m0/s1. The Morgan fingerprint density at radius 3 is 2.52 bits per heavy atom. The fourth-order valence-electron chi connectivity index (χ4n) is 6.10. The number of anilines is 1. The van der Waals surface area contributed by atoms with Crippen molar-refractivity contribution in [2.24, 2.45) is 5.41 Å². The van der Waals surface area contributed by atoms with Gasteiger partial charge >= 0.3 is 5.97 Å². The SMILES string of the molecule is COC(=O)c1cc2cc(NC(=O)[C@@H]3N[C@@H](CC(C)(C)C)[C@](C#N)(c4ccc(Cl)cc4F)[C@H]3c3cccc(Cl)c3F)ccc2o1. The molecule has 2 heterocycles. The Morgan fingerprint density at radius 1 is 1.11 bits per heavy atom. The second-order valence-corrected chi connectivity index (χ2v) is 12.9. The summed E-state index contributed by atoms with van der Waals surface area (Å²) in [6, 6.07) is 14.9. The van der Waals surface area contributed by atoms with Crippen molar-refractivity contribution < 1.29 is 27.5 Å². The van der Waals surface area contributed by atoms with Gasteiger partial charge in [0.25, 0.3) is 0 Å². The number of nitriles is 1. The fraction of sp³-hybridized carbons (Fsp3) is 0.303. The number of nitrogens with one attached hydrogen (secondary N) is 2. The molecule has 228 valence electrons. The van der Waals surface area contributed by atoms with Gasteiger partial charge in [0, 0.05) is 33.6 Å². The van der Waals surface area contributed by atoms with E-state index in [9.17, 15) is 14.9 Å². The number of ether oxygens (including phenoxy) is 1. The van der Waals surface area contributed by atoms with E-state index in [1.54, 1.807) is 18.2 Å². The molecule has 2 N–H and O–H groups in total. The topological polar surface area (TPSA) is 104 Å². The molecule has 11 heteroatoms. The summed E-state index contributed by atoms with van der Waals surface area (Å²) in [6.07, 6.45) is 0.336. The smallest absolute Gasteiger partial charge is 0.373 e. The van der Waals surface area contributed by atoms with Crippen molar-refractivity contribution in [3.8, 4) is 6.07 Å². The predicted molar refractivity (Wildman–Crippen MR) is 164 cm³/mol. The number of carbonyl (C=O) groups excluding carboxylic acids is 2. The first-order valence-electron chi connectivity index (χ1n) is 13.8. The number of amides is 1. The van der Waals surface area contributed by atoms with E-state index < -0.39 is 46.9 Å². The Labute approximate surface area is 263 Å². The van der Waals surface area contributed by atoms with Crippen molar-refractivity contribution >= 4 is 51.7 Å². The highest BCUT2D eigenvalue weighted by molar-refractivity contribution is 6.31. The number of rotatable bonds is 6. The third-order valence-corrected chi connectivity index (χ3v) is 8.43. The highest BCUT2D eigenvalue weighted by Gasteiger charge is 2.61. The third-order valence-electron chi connectivity index (χ3n) is 7.90. The van der Waals surface area contributed by atoms with Gasteiger partial charge in [-0.3, -0.25) is 4.79 Å². The molecule has 7 nitrogen and oxygen atoms in total. The molecule has 1 amide bonds. The van der Waals surface area contributed by atoms with Gasteiger partial charge in [-0.25, -0.2) is 13.6 Å². The molecule has 1 fully saturated rings. The summed E-state index contributed by atoms with van der Waals surface area (Å²) in [6.45, 7) is 5.88. The first-order valence-corrected chi connectivity index (χ1v) is 14.5. The number of hydrogen-bond donors (Lipinski definition) is 2. The molecule has 0 bridgehead atoms. The molecule has 44 heavy (non-hydrogen) atoms. The van der Waals surface area contributed by atoms with Crippen LogP contribution in [-0.2, 0) is 14.9 Å².